The van der Waals surface area contributed by atoms with Gasteiger partial charge in [0.2, 0.25) is 5.91 Å². The third kappa shape index (κ3) is 12.9. The van der Waals surface area contributed by atoms with Gasteiger partial charge in [-0.15, -0.1) is 0 Å². The molecule has 0 aromatic rings. The minimum Gasteiger partial charge on any atom is -0.457 e. The fourth-order valence-corrected chi connectivity index (χ4v) is 3.06. The van der Waals surface area contributed by atoms with Crippen molar-refractivity contribution in [3.8, 4) is 0 Å². The number of aliphatic hydroxyl groups is 3. The van der Waals surface area contributed by atoms with Crippen molar-refractivity contribution in [2.75, 3.05) is 66.1 Å². The van der Waals surface area contributed by atoms with Crippen molar-refractivity contribution >= 4 is 11.9 Å². The molecule has 13 nitrogen and oxygen atoms in total. The Hall–Kier alpha value is -1.42. The molecule has 1 aliphatic rings. The third-order valence-corrected chi connectivity index (χ3v) is 4.63. The van der Waals surface area contributed by atoms with Gasteiger partial charge >= 0.3 is 5.97 Å². The van der Waals surface area contributed by atoms with Crippen LogP contribution >= 0.6 is 0 Å². The Kier molecular flexibility index (Phi) is 16.1. The Morgan fingerprint density at radius 1 is 0.941 bits per heavy atom. The number of hydrogen-bond acceptors (Lipinski definition) is 12. The molecular formula is C21H39NO12. The van der Waals surface area contributed by atoms with E-state index in [1.165, 1.54) is 13.8 Å². The van der Waals surface area contributed by atoms with Crippen LogP contribution in [0.2, 0.25) is 0 Å². The van der Waals surface area contributed by atoms with Crippen molar-refractivity contribution in [3.05, 3.63) is 0 Å². The van der Waals surface area contributed by atoms with Crippen molar-refractivity contribution in [2.45, 2.75) is 57.5 Å². The number of esters is 1. The first-order valence-electron chi connectivity index (χ1n) is 11.3. The van der Waals surface area contributed by atoms with Gasteiger partial charge in [-0.1, -0.05) is 0 Å². The van der Waals surface area contributed by atoms with Crippen LogP contribution in [0.5, 0.6) is 0 Å². The molecule has 0 saturated carbocycles. The van der Waals surface area contributed by atoms with Gasteiger partial charge in [-0.2, -0.15) is 0 Å². The average Bonchev–Trinajstić information content (AvgIpc) is 2.78. The number of ether oxygens (including phenoxy) is 7. The van der Waals surface area contributed by atoms with E-state index in [1.54, 1.807) is 6.92 Å². The summed E-state index contributed by atoms with van der Waals surface area (Å²) in [4.78, 5) is 22.8. The van der Waals surface area contributed by atoms with E-state index in [-0.39, 0.29) is 32.3 Å². The van der Waals surface area contributed by atoms with Gasteiger partial charge in [0.25, 0.3) is 0 Å². The Morgan fingerprint density at radius 2 is 1.47 bits per heavy atom. The van der Waals surface area contributed by atoms with Gasteiger partial charge in [-0.05, 0) is 6.92 Å². The van der Waals surface area contributed by atoms with Gasteiger partial charge in [0.1, 0.15) is 18.2 Å². The Balaban J connectivity index is 2.13. The molecule has 0 unspecified atom stereocenters. The average molecular weight is 498 g/mol. The zero-order chi connectivity index (χ0) is 25.3. The monoisotopic (exact) mass is 497 g/mol. The van der Waals surface area contributed by atoms with Crippen molar-refractivity contribution < 1.29 is 58.1 Å². The SMILES string of the molecule is CC(=O)N[C@H]1[C@H](OCCOCCOCCOCCOC[C@H](O)CO)O[C@H](C)[C@H](OC(C)=O)[C@@H]1O. The van der Waals surface area contributed by atoms with Crippen LogP contribution in [-0.2, 0) is 42.7 Å². The van der Waals surface area contributed by atoms with Crippen molar-refractivity contribution in [2.24, 2.45) is 0 Å². The number of nitrogens with one attached hydrogen (secondary N) is 1. The lowest BCUT2D eigenvalue weighted by molar-refractivity contribution is -0.266. The molecule has 34 heavy (non-hydrogen) atoms. The van der Waals surface area contributed by atoms with Gasteiger partial charge in [-0.3, -0.25) is 9.59 Å². The van der Waals surface area contributed by atoms with E-state index in [1.807, 2.05) is 0 Å². The van der Waals surface area contributed by atoms with Crippen molar-refractivity contribution in [3.63, 3.8) is 0 Å². The van der Waals surface area contributed by atoms with E-state index in [9.17, 15) is 14.7 Å². The van der Waals surface area contributed by atoms with Crippen LogP contribution in [0, 0.1) is 0 Å². The molecule has 200 valence electrons. The molecule has 4 N–H and O–H groups in total. The zero-order valence-electron chi connectivity index (χ0n) is 20.1. The van der Waals surface area contributed by atoms with Gasteiger partial charge in [0, 0.05) is 13.8 Å². The maximum atomic E-state index is 11.5. The molecule has 1 aliphatic heterocycles. The molecule has 0 aromatic carbocycles. The molecule has 1 amide bonds. The van der Waals surface area contributed by atoms with Crippen LogP contribution in [0.25, 0.3) is 0 Å². The molecule has 1 saturated heterocycles. The zero-order valence-corrected chi connectivity index (χ0v) is 20.1. The van der Waals surface area contributed by atoms with E-state index in [2.05, 4.69) is 5.32 Å². The predicted octanol–water partition coefficient (Wildman–Crippen LogP) is -2.04. The highest BCUT2D eigenvalue weighted by Gasteiger charge is 2.46. The highest BCUT2D eigenvalue weighted by molar-refractivity contribution is 5.73. The van der Waals surface area contributed by atoms with Crippen LogP contribution in [-0.4, -0.2) is 130 Å². The van der Waals surface area contributed by atoms with E-state index in [4.69, 9.17) is 43.4 Å². The van der Waals surface area contributed by atoms with Crippen LogP contribution < -0.4 is 5.32 Å². The maximum Gasteiger partial charge on any atom is 0.303 e. The lowest BCUT2D eigenvalue weighted by Gasteiger charge is -2.42. The molecule has 0 radical (unpaired) electrons. The minimum absolute atomic E-state index is 0.0621. The molecule has 1 heterocycles. The number of amides is 1. The van der Waals surface area contributed by atoms with Crippen LogP contribution in [0.3, 0.4) is 0 Å². The molecule has 0 bridgehead atoms. The predicted molar refractivity (Wildman–Crippen MR) is 116 cm³/mol. The lowest BCUT2D eigenvalue weighted by Crippen LogP contribution is -2.64. The second kappa shape index (κ2) is 17.9. The molecule has 0 aliphatic carbocycles. The van der Waals surface area contributed by atoms with Gasteiger partial charge in [0.15, 0.2) is 12.4 Å². The number of carbonyl (C=O) groups is 2. The summed E-state index contributed by atoms with van der Waals surface area (Å²) < 4.78 is 37.7. The summed E-state index contributed by atoms with van der Waals surface area (Å²) in [6.45, 7) is 6.40. The number of rotatable bonds is 18. The summed E-state index contributed by atoms with van der Waals surface area (Å²) >= 11 is 0. The van der Waals surface area contributed by atoms with E-state index in [0.717, 1.165) is 0 Å². The molecule has 1 fully saturated rings. The normalized spacial score (nSPS) is 25.6. The number of aliphatic hydroxyl groups excluding tert-OH is 3. The molecule has 1 rings (SSSR count). The summed E-state index contributed by atoms with van der Waals surface area (Å²) in [6.07, 6.45) is -4.58. The number of hydrogen-bond donors (Lipinski definition) is 4. The first kappa shape index (κ1) is 30.6. The summed E-state index contributed by atoms with van der Waals surface area (Å²) in [5.41, 5.74) is 0. The van der Waals surface area contributed by atoms with Crippen LogP contribution in [0.15, 0.2) is 0 Å². The molecule has 6 atom stereocenters. The summed E-state index contributed by atoms with van der Waals surface area (Å²) in [6, 6.07) is -0.911. The highest BCUT2D eigenvalue weighted by Crippen LogP contribution is 2.24. The number of carbonyl (C=O) groups excluding carboxylic acids is 2. The minimum atomic E-state index is -1.20. The summed E-state index contributed by atoms with van der Waals surface area (Å²) in [7, 11) is 0. The van der Waals surface area contributed by atoms with E-state index < -0.39 is 42.7 Å². The maximum absolute atomic E-state index is 11.5. The topological polar surface area (TPSA) is 171 Å². The quantitative estimate of drug-likeness (QED) is 0.121. The molecule has 0 spiro atoms. The molecular weight excluding hydrogens is 458 g/mol. The Morgan fingerprint density at radius 3 is 1.97 bits per heavy atom. The fraction of sp³-hybridized carbons (Fsp3) is 0.905. The molecule has 13 heteroatoms. The second-order valence-electron chi connectivity index (χ2n) is 7.62. The fourth-order valence-electron chi connectivity index (χ4n) is 3.06. The Bertz CT molecular complexity index is 566. The lowest BCUT2D eigenvalue weighted by atomic mass is 9.97. The standard InChI is InChI=1S/C21H39NO12/c1-14-20(34-16(3)25)19(27)18(22-15(2)24)21(33-14)32-11-10-30-7-6-28-4-5-29-8-9-31-13-17(26)12-23/h14,17-21,23,26-27H,4-13H2,1-3H3,(H,22,24)/t14-,17-,18-,19-,20+,21-/m1/s1. The van der Waals surface area contributed by atoms with Gasteiger partial charge in [-0.25, -0.2) is 0 Å². The van der Waals surface area contributed by atoms with E-state index >= 15 is 0 Å². The van der Waals surface area contributed by atoms with Crippen molar-refractivity contribution in [1.29, 1.82) is 0 Å². The summed E-state index contributed by atoms with van der Waals surface area (Å²) in [5, 5.41) is 30.9. The Labute approximate surface area is 199 Å². The van der Waals surface area contributed by atoms with Crippen LogP contribution in [0.1, 0.15) is 20.8 Å². The van der Waals surface area contributed by atoms with Crippen molar-refractivity contribution in [1.82, 2.24) is 5.32 Å². The van der Waals surface area contributed by atoms with E-state index in [0.29, 0.717) is 39.6 Å². The molecule has 0 aromatic heterocycles. The first-order chi connectivity index (χ1) is 16.3. The first-order valence-corrected chi connectivity index (χ1v) is 11.3. The smallest absolute Gasteiger partial charge is 0.303 e. The largest absolute Gasteiger partial charge is 0.457 e. The van der Waals surface area contributed by atoms with Gasteiger partial charge in [0.05, 0.1) is 72.2 Å². The summed E-state index contributed by atoms with van der Waals surface area (Å²) in [5.74, 6) is -0.950. The van der Waals surface area contributed by atoms with Gasteiger partial charge < -0.3 is 53.8 Å². The second-order valence-corrected chi connectivity index (χ2v) is 7.62. The van der Waals surface area contributed by atoms with Crippen LogP contribution in [0.4, 0.5) is 0 Å². The third-order valence-electron chi connectivity index (χ3n) is 4.63. The highest BCUT2D eigenvalue weighted by atomic mass is 16.7.